The van der Waals surface area contributed by atoms with Crippen molar-refractivity contribution < 1.29 is 9.90 Å². The molecular formula is C14H16N2O2. The lowest BCUT2D eigenvalue weighted by atomic mass is 9.95. The van der Waals surface area contributed by atoms with Crippen molar-refractivity contribution in [3.63, 3.8) is 0 Å². The molecule has 0 saturated heterocycles. The Balaban J connectivity index is 2.68. The maximum Gasteiger partial charge on any atom is 0.335 e. The Labute approximate surface area is 106 Å². The van der Waals surface area contributed by atoms with Crippen LogP contribution < -0.4 is 0 Å². The third-order valence-corrected chi connectivity index (χ3v) is 3.11. The van der Waals surface area contributed by atoms with Crippen LogP contribution in [0.2, 0.25) is 0 Å². The van der Waals surface area contributed by atoms with E-state index in [1.54, 1.807) is 10.7 Å². The highest BCUT2D eigenvalue weighted by atomic mass is 16.4. The van der Waals surface area contributed by atoms with Gasteiger partial charge in [0.15, 0.2) is 0 Å². The molecule has 94 valence electrons. The van der Waals surface area contributed by atoms with Gasteiger partial charge < -0.3 is 5.11 Å². The third kappa shape index (κ3) is 2.01. The number of nitrogens with zero attached hydrogens (tertiary/aromatic N) is 2. The van der Waals surface area contributed by atoms with Crippen LogP contribution >= 0.6 is 0 Å². The zero-order valence-corrected chi connectivity index (χ0v) is 11.0. The van der Waals surface area contributed by atoms with Crippen molar-refractivity contribution in [2.45, 2.75) is 20.8 Å². The van der Waals surface area contributed by atoms with E-state index in [1.807, 2.05) is 40.1 Å². The van der Waals surface area contributed by atoms with Crippen LogP contribution in [0.3, 0.4) is 0 Å². The summed E-state index contributed by atoms with van der Waals surface area (Å²) >= 11 is 0. The fourth-order valence-corrected chi connectivity index (χ4v) is 2.24. The quantitative estimate of drug-likeness (QED) is 0.883. The van der Waals surface area contributed by atoms with Gasteiger partial charge in [-0.3, -0.25) is 4.68 Å². The third-order valence-electron chi connectivity index (χ3n) is 3.11. The zero-order chi connectivity index (χ0) is 13.4. The lowest BCUT2D eigenvalue weighted by Gasteiger charge is -2.09. The van der Waals surface area contributed by atoms with Gasteiger partial charge in [0.2, 0.25) is 0 Å². The molecule has 1 aromatic heterocycles. The first kappa shape index (κ1) is 12.4. The normalized spacial score (nSPS) is 10.7. The van der Waals surface area contributed by atoms with Crippen molar-refractivity contribution in [2.75, 3.05) is 0 Å². The average molecular weight is 244 g/mol. The van der Waals surface area contributed by atoms with Gasteiger partial charge in [0.25, 0.3) is 0 Å². The van der Waals surface area contributed by atoms with Gasteiger partial charge in [-0.05, 0) is 43.5 Å². The predicted octanol–water partition coefficient (Wildman–Crippen LogP) is 2.71. The molecule has 0 aliphatic carbocycles. The molecule has 0 atom stereocenters. The van der Waals surface area contributed by atoms with Gasteiger partial charge in [-0.2, -0.15) is 5.10 Å². The van der Waals surface area contributed by atoms with E-state index in [0.29, 0.717) is 5.56 Å². The number of hydrogen-bond donors (Lipinski definition) is 1. The van der Waals surface area contributed by atoms with E-state index < -0.39 is 5.97 Å². The van der Waals surface area contributed by atoms with E-state index in [0.717, 1.165) is 27.9 Å². The van der Waals surface area contributed by atoms with Crippen molar-refractivity contribution in [3.8, 4) is 11.1 Å². The Bertz CT molecular complexity index is 627. The maximum atomic E-state index is 11.2. The summed E-state index contributed by atoms with van der Waals surface area (Å²) in [7, 11) is 1.86. The predicted molar refractivity (Wildman–Crippen MR) is 69.8 cm³/mol. The fraction of sp³-hybridized carbons (Fsp3) is 0.286. The van der Waals surface area contributed by atoms with Crippen molar-refractivity contribution in [2.24, 2.45) is 7.05 Å². The molecule has 0 unspecified atom stereocenters. The summed E-state index contributed by atoms with van der Waals surface area (Å²) in [5, 5.41) is 13.5. The Morgan fingerprint density at radius 2 is 1.83 bits per heavy atom. The lowest BCUT2D eigenvalue weighted by Crippen LogP contribution is -2.01. The summed E-state index contributed by atoms with van der Waals surface area (Å²) in [5.74, 6) is -0.893. The van der Waals surface area contributed by atoms with Crippen LogP contribution in [0.5, 0.6) is 0 Å². The van der Waals surface area contributed by atoms with Crippen LogP contribution in [0, 0.1) is 20.8 Å². The van der Waals surface area contributed by atoms with Crippen LogP contribution in [-0.4, -0.2) is 20.9 Å². The molecule has 0 bridgehead atoms. The summed E-state index contributed by atoms with van der Waals surface area (Å²) in [5.41, 5.74) is 5.01. The highest BCUT2D eigenvalue weighted by Gasteiger charge is 2.14. The summed E-state index contributed by atoms with van der Waals surface area (Å²) < 4.78 is 1.74. The first-order valence-corrected chi connectivity index (χ1v) is 5.75. The molecule has 2 aromatic rings. The first-order chi connectivity index (χ1) is 8.40. The highest BCUT2D eigenvalue weighted by molar-refractivity contribution is 5.91. The van der Waals surface area contributed by atoms with E-state index in [1.165, 1.54) is 0 Å². The summed E-state index contributed by atoms with van der Waals surface area (Å²) in [6.45, 7) is 5.73. The Morgan fingerprint density at radius 3 is 2.33 bits per heavy atom. The fourth-order valence-electron chi connectivity index (χ4n) is 2.24. The molecule has 18 heavy (non-hydrogen) atoms. The van der Waals surface area contributed by atoms with Crippen molar-refractivity contribution in [1.82, 2.24) is 9.78 Å². The Kier molecular flexibility index (Phi) is 2.95. The monoisotopic (exact) mass is 244 g/mol. The molecule has 0 amide bonds. The standard InChI is InChI=1S/C14H16N2O2/c1-8-5-9(2)12(14(17)18)6-11(8)13-7-16(4)15-10(13)3/h5-7H,1-4H3,(H,17,18). The molecule has 0 radical (unpaired) electrons. The molecule has 2 rings (SSSR count). The number of aromatic carboxylic acids is 1. The molecule has 1 N–H and O–H groups in total. The molecule has 0 aliphatic heterocycles. The summed E-state index contributed by atoms with van der Waals surface area (Å²) in [4.78, 5) is 11.2. The number of aryl methyl sites for hydroxylation is 4. The SMILES string of the molecule is Cc1cc(C)c(-c2cn(C)nc2C)cc1C(=O)O. The van der Waals surface area contributed by atoms with Gasteiger partial charge >= 0.3 is 5.97 Å². The van der Waals surface area contributed by atoms with Gasteiger partial charge in [0, 0.05) is 18.8 Å². The number of hydrogen-bond acceptors (Lipinski definition) is 2. The van der Waals surface area contributed by atoms with Gasteiger partial charge in [0.1, 0.15) is 0 Å². The number of aromatic nitrogens is 2. The maximum absolute atomic E-state index is 11.2. The molecule has 4 nitrogen and oxygen atoms in total. The minimum atomic E-state index is -0.893. The van der Waals surface area contributed by atoms with Crippen LogP contribution in [-0.2, 0) is 7.05 Å². The smallest absolute Gasteiger partial charge is 0.335 e. The minimum absolute atomic E-state index is 0.346. The van der Waals surface area contributed by atoms with E-state index in [-0.39, 0.29) is 0 Å². The number of carboxylic acids is 1. The van der Waals surface area contributed by atoms with Gasteiger partial charge in [-0.25, -0.2) is 4.79 Å². The molecule has 1 aromatic carbocycles. The highest BCUT2D eigenvalue weighted by Crippen LogP contribution is 2.28. The van der Waals surface area contributed by atoms with Gasteiger partial charge in [0.05, 0.1) is 11.3 Å². The van der Waals surface area contributed by atoms with Crippen molar-refractivity contribution in [1.29, 1.82) is 0 Å². The molecule has 1 heterocycles. The topological polar surface area (TPSA) is 55.1 Å². The van der Waals surface area contributed by atoms with Crippen LogP contribution in [0.25, 0.3) is 11.1 Å². The van der Waals surface area contributed by atoms with E-state index in [2.05, 4.69) is 5.10 Å². The summed E-state index contributed by atoms with van der Waals surface area (Å²) in [6.07, 6.45) is 1.92. The second-order valence-corrected chi connectivity index (χ2v) is 4.59. The molecular weight excluding hydrogens is 228 g/mol. The molecule has 0 aliphatic rings. The Morgan fingerprint density at radius 1 is 1.17 bits per heavy atom. The van der Waals surface area contributed by atoms with Crippen LogP contribution in [0.4, 0.5) is 0 Å². The van der Waals surface area contributed by atoms with Crippen LogP contribution in [0.1, 0.15) is 27.2 Å². The molecule has 0 saturated carbocycles. The summed E-state index contributed by atoms with van der Waals surface area (Å²) in [6, 6.07) is 3.64. The van der Waals surface area contributed by atoms with Gasteiger partial charge in [-0.15, -0.1) is 0 Å². The molecule has 0 fully saturated rings. The lowest BCUT2D eigenvalue weighted by molar-refractivity contribution is 0.0696. The number of carboxylic acid groups (broad SMARTS) is 1. The molecule has 4 heteroatoms. The van der Waals surface area contributed by atoms with E-state index in [9.17, 15) is 9.90 Å². The number of rotatable bonds is 2. The second kappa shape index (κ2) is 4.29. The van der Waals surface area contributed by atoms with Crippen molar-refractivity contribution in [3.05, 3.63) is 40.7 Å². The largest absolute Gasteiger partial charge is 0.478 e. The van der Waals surface area contributed by atoms with E-state index in [4.69, 9.17) is 0 Å². The zero-order valence-electron chi connectivity index (χ0n) is 11.0. The number of carbonyl (C=O) groups is 1. The Hall–Kier alpha value is -2.10. The minimum Gasteiger partial charge on any atom is -0.478 e. The number of benzene rings is 1. The van der Waals surface area contributed by atoms with Gasteiger partial charge in [-0.1, -0.05) is 6.07 Å². The first-order valence-electron chi connectivity index (χ1n) is 5.75. The van der Waals surface area contributed by atoms with Crippen molar-refractivity contribution >= 4 is 5.97 Å². The van der Waals surface area contributed by atoms with E-state index >= 15 is 0 Å². The average Bonchev–Trinajstić information content (AvgIpc) is 2.57. The van der Waals surface area contributed by atoms with Crippen LogP contribution in [0.15, 0.2) is 18.3 Å². The second-order valence-electron chi connectivity index (χ2n) is 4.59. The molecule has 0 spiro atoms.